The lowest BCUT2D eigenvalue weighted by molar-refractivity contribution is -0.119. The summed E-state index contributed by atoms with van der Waals surface area (Å²) in [7, 11) is 0. The van der Waals surface area contributed by atoms with Gasteiger partial charge in [0.05, 0.1) is 0 Å². The number of benzene rings is 3. The van der Waals surface area contributed by atoms with E-state index in [2.05, 4.69) is 76.2 Å². The van der Waals surface area contributed by atoms with Crippen LogP contribution in [0, 0.1) is 0 Å². The number of hydrogen-bond donors (Lipinski definition) is 2. The number of rotatable bonds is 10. The monoisotopic (exact) mass is 553 g/mol. The fraction of sp³-hybridized carbons (Fsp3) is 0.333. The van der Waals surface area contributed by atoms with Gasteiger partial charge in [-0.2, -0.15) is 0 Å². The molecule has 1 atom stereocenters. The van der Waals surface area contributed by atoms with Crippen molar-refractivity contribution < 1.29 is 14.3 Å². The number of thiophene rings is 1. The summed E-state index contributed by atoms with van der Waals surface area (Å²) in [6.07, 6.45) is 4.96. The topological polar surface area (TPSA) is 70.7 Å². The number of fused-ring (bicyclic) bond motifs is 1. The minimum atomic E-state index is -0.0778. The van der Waals surface area contributed by atoms with Gasteiger partial charge >= 0.3 is 0 Å². The minimum absolute atomic E-state index is 0.0264. The van der Waals surface area contributed by atoms with E-state index in [0.29, 0.717) is 19.3 Å². The van der Waals surface area contributed by atoms with Gasteiger partial charge in [-0.05, 0) is 91.2 Å². The second-order valence-electron chi connectivity index (χ2n) is 10.8. The van der Waals surface area contributed by atoms with Crippen molar-refractivity contribution in [1.29, 1.82) is 0 Å². The number of amides is 2. The molecule has 0 spiro atoms. The number of hydrogen-bond acceptors (Lipinski definition) is 5. The summed E-state index contributed by atoms with van der Waals surface area (Å²) in [6.45, 7) is 4.11. The zero-order valence-corrected chi connectivity index (χ0v) is 23.5. The van der Waals surface area contributed by atoms with E-state index in [0.717, 1.165) is 36.6 Å². The molecule has 2 saturated heterocycles. The summed E-state index contributed by atoms with van der Waals surface area (Å²) in [6, 6.07) is 25.1. The predicted octanol–water partition coefficient (Wildman–Crippen LogP) is 6.24. The van der Waals surface area contributed by atoms with Crippen molar-refractivity contribution in [2.24, 2.45) is 0 Å². The van der Waals surface area contributed by atoms with Gasteiger partial charge in [0.15, 0.2) is 0 Å². The quantitative estimate of drug-likeness (QED) is 0.244. The van der Waals surface area contributed by atoms with Gasteiger partial charge in [0.25, 0.3) is 0 Å². The minimum Gasteiger partial charge on any atom is -0.492 e. The Morgan fingerprint density at radius 3 is 2.52 bits per heavy atom. The van der Waals surface area contributed by atoms with E-state index in [4.69, 9.17) is 4.74 Å². The molecule has 3 heterocycles. The van der Waals surface area contributed by atoms with Gasteiger partial charge in [-0.25, -0.2) is 0 Å². The van der Waals surface area contributed by atoms with Crippen LogP contribution in [0.5, 0.6) is 5.75 Å². The Balaban J connectivity index is 1.14. The first-order valence-electron chi connectivity index (χ1n) is 14.2. The number of carbonyl (C=O) groups excluding carboxylic acids is 2. The van der Waals surface area contributed by atoms with Gasteiger partial charge in [0.2, 0.25) is 11.8 Å². The summed E-state index contributed by atoms with van der Waals surface area (Å²) in [5.41, 5.74) is 4.47. The van der Waals surface area contributed by atoms with Crippen molar-refractivity contribution in [2.75, 3.05) is 31.6 Å². The maximum Gasteiger partial charge on any atom is 0.226 e. The molecule has 1 aromatic heterocycles. The molecule has 0 aliphatic carbocycles. The smallest absolute Gasteiger partial charge is 0.226 e. The zero-order chi connectivity index (χ0) is 27.3. The van der Waals surface area contributed by atoms with Crippen LogP contribution in [0.3, 0.4) is 0 Å². The molecule has 0 bridgehead atoms. The molecule has 2 amide bonds. The number of carbonyl (C=O) groups is 2. The van der Waals surface area contributed by atoms with Crippen LogP contribution in [-0.4, -0.2) is 49.0 Å². The summed E-state index contributed by atoms with van der Waals surface area (Å²) in [5, 5.41) is 7.11. The molecule has 0 radical (unpaired) electrons. The summed E-state index contributed by atoms with van der Waals surface area (Å²) in [5.74, 6) is 0.871. The lowest BCUT2D eigenvalue weighted by Crippen LogP contribution is -2.29. The van der Waals surface area contributed by atoms with Gasteiger partial charge in [0, 0.05) is 40.7 Å². The van der Waals surface area contributed by atoms with E-state index in [-0.39, 0.29) is 17.9 Å². The molecular weight excluding hydrogens is 518 g/mol. The predicted molar refractivity (Wildman–Crippen MR) is 162 cm³/mol. The highest BCUT2D eigenvalue weighted by molar-refractivity contribution is 7.22. The molecule has 2 N–H and O–H groups in total. The lowest BCUT2D eigenvalue weighted by atomic mass is 9.99. The average Bonchev–Trinajstić information content (AvgIpc) is 3.71. The van der Waals surface area contributed by atoms with Crippen LogP contribution >= 0.6 is 11.3 Å². The standard InChI is InChI=1S/C33H35N3O3S/c37-31-16-13-26(35-31)22-32(38)34-25-11-9-24(10-12-25)33-29(28-5-1-2-6-30(28)40-33)21-23-7-14-27(15-8-23)39-20-19-36-17-3-4-18-36/h1-2,5-12,14-15,26H,3-4,13,16-22H2,(H,34,38)(H,35,37). The fourth-order valence-electron chi connectivity index (χ4n) is 5.69. The van der Waals surface area contributed by atoms with Crippen molar-refractivity contribution >= 4 is 38.9 Å². The normalized spacial score (nSPS) is 17.3. The third-order valence-electron chi connectivity index (χ3n) is 7.83. The SMILES string of the molecule is O=C(CC1CCC(=O)N1)Nc1ccc(-c2sc3ccccc3c2Cc2ccc(OCCN3CCCC3)cc2)cc1. The average molecular weight is 554 g/mol. The van der Waals surface area contributed by atoms with E-state index in [1.165, 1.54) is 52.0 Å². The Morgan fingerprint density at radius 1 is 1.00 bits per heavy atom. The maximum absolute atomic E-state index is 12.5. The molecule has 3 aromatic carbocycles. The molecule has 6 nitrogen and oxygen atoms in total. The van der Waals surface area contributed by atoms with Gasteiger partial charge in [-0.1, -0.05) is 42.5 Å². The molecule has 0 saturated carbocycles. The first-order chi connectivity index (χ1) is 19.6. The fourth-order valence-corrected chi connectivity index (χ4v) is 6.91. The van der Waals surface area contributed by atoms with Crippen molar-refractivity contribution in [3.8, 4) is 16.2 Å². The molecular formula is C33H35N3O3S. The maximum atomic E-state index is 12.5. The van der Waals surface area contributed by atoms with Crippen LogP contribution in [-0.2, 0) is 16.0 Å². The van der Waals surface area contributed by atoms with Crippen LogP contribution in [0.4, 0.5) is 5.69 Å². The van der Waals surface area contributed by atoms with Gasteiger partial charge in [0.1, 0.15) is 12.4 Å². The van der Waals surface area contributed by atoms with Crippen LogP contribution < -0.4 is 15.4 Å². The number of nitrogens with zero attached hydrogens (tertiary/aromatic N) is 1. The molecule has 1 unspecified atom stereocenters. The summed E-state index contributed by atoms with van der Waals surface area (Å²) < 4.78 is 7.28. The van der Waals surface area contributed by atoms with Crippen molar-refractivity contribution in [1.82, 2.24) is 10.2 Å². The Labute approximate surface area is 239 Å². The second-order valence-corrected chi connectivity index (χ2v) is 11.8. The summed E-state index contributed by atoms with van der Waals surface area (Å²) in [4.78, 5) is 27.6. The Kier molecular flexibility index (Phi) is 8.11. The van der Waals surface area contributed by atoms with Crippen LogP contribution in [0.15, 0.2) is 72.8 Å². The Morgan fingerprint density at radius 2 is 1.77 bits per heavy atom. The van der Waals surface area contributed by atoms with E-state index in [9.17, 15) is 9.59 Å². The van der Waals surface area contributed by atoms with Gasteiger partial charge < -0.3 is 15.4 Å². The molecule has 7 heteroatoms. The van der Waals surface area contributed by atoms with Gasteiger partial charge in [-0.3, -0.25) is 14.5 Å². The molecule has 206 valence electrons. The van der Waals surface area contributed by atoms with Crippen molar-refractivity contribution in [3.05, 3.63) is 83.9 Å². The molecule has 6 rings (SSSR count). The van der Waals surface area contributed by atoms with Crippen molar-refractivity contribution in [2.45, 2.75) is 44.6 Å². The first kappa shape index (κ1) is 26.5. The second kappa shape index (κ2) is 12.2. The van der Waals surface area contributed by atoms with E-state index < -0.39 is 0 Å². The highest BCUT2D eigenvalue weighted by atomic mass is 32.1. The largest absolute Gasteiger partial charge is 0.492 e. The first-order valence-corrected chi connectivity index (χ1v) is 15.1. The molecule has 2 fully saturated rings. The molecule has 2 aliphatic rings. The number of ether oxygens (including phenoxy) is 1. The van der Waals surface area contributed by atoms with Gasteiger partial charge in [-0.15, -0.1) is 11.3 Å². The summed E-state index contributed by atoms with van der Waals surface area (Å²) >= 11 is 1.81. The molecule has 40 heavy (non-hydrogen) atoms. The number of likely N-dealkylation sites (tertiary alicyclic amines) is 1. The van der Waals surface area contributed by atoms with Crippen LogP contribution in [0.2, 0.25) is 0 Å². The Hall–Kier alpha value is -3.68. The third kappa shape index (κ3) is 6.37. The van der Waals surface area contributed by atoms with E-state index in [1.807, 2.05) is 12.1 Å². The highest BCUT2D eigenvalue weighted by Crippen LogP contribution is 2.40. The van der Waals surface area contributed by atoms with Crippen molar-refractivity contribution in [3.63, 3.8) is 0 Å². The van der Waals surface area contributed by atoms with Crippen LogP contribution in [0.1, 0.15) is 43.2 Å². The highest BCUT2D eigenvalue weighted by Gasteiger charge is 2.23. The molecule has 2 aliphatic heterocycles. The van der Waals surface area contributed by atoms with E-state index >= 15 is 0 Å². The number of anilines is 1. The molecule has 4 aromatic rings. The zero-order valence-electron chi connectivity index (χ0n) is 22.7. The Bertz CT molecular complexity index is 1470. The van der Waals surface area contributed by atoms with Crippen LogP contribution in [0.25, 0.3) is 20.5 Å². The lowest BCUT2D eigenvalue weighted by Gasteiger charge is -2.15. The third-order valence-corrected chi connectivity index (χ3v) is 9.09. The van der Waals surface area contributed by atoms with E-state index in [1.54, 1.807) is 11.3 Å². The number of nitrogens with one attached hydrogen (secondary N) is 2.